The van der Waals surface area contributed by atoms with E-state index < -0.39 is 17.5 Å². The summed E-state index contributed by atoms with van der Waals surface area (Å²) in [6, 6.07) is -0.535. The van der Waals surface area contributed by atoms with Gasteiger partial charge in [-0.1, -0.05) is 0 Å². The molecule has 0 aromatic rings. The number of likely N-dealkylation sites (N-methyl/N-ethyl adjacent to an activating group) is 2. The van der Waals surface area contributed by atoms with Crippen LogP contribution < -0.4 is 5.32 Å². The molecule has 7 nitrogen and oxygen atoms in total. The third-order valence-corrected chi connectivity index (χ3v) is 4.04. The number of hydrogen-bond donors (Lipinski definition) is 2. The van der Waals surface area contributed by atoms with Gasteiger partial charge in [0.1, 0.15) is 12.1 Å². The summed E-state index contributed by atoms with van der Waals surface area (Å²) in [4.78, 5) is 38.3. The molecule has 1 unspecified atom stereocenters. The summed E-state index contributed by atoms with van der Waals surface area (Å²) in [6.07, 6.45) is 1.59. The van der Waals surface area contributed by atoms with Crippen LogP contribution in [0.25, 0.3) is 0 Å². The lowest BCUT2D eigenvalue weighted by molar-refractivity contribution is -0.144. The fourth-order valence-electron chi connectivity index (χ4n) is 2.26. The van der Waals surface area contributed by atoms with Crippen LogP contribution >= 0.6 is 0 Å². The maximum atomic E-state index is 12.1. The van der Waals surface area contributed by atoms with Crippen molar-refractivity contribution in [3.8, 4) is 0 Å². The second kappa shape index (κ2) is 6.78. The van der Waals surface area contributed by atoms with Crippen molar-refractivity contribution in [2.75, 3.05) is 26.7 Å². The molecule has 0 aliphatic heterocycles. The largest absolute Gasteiger partial charge is 0.480 e. The molecule has 120 valence electrons. The third kappa shape index (κ3) is 4.09. The van der Waals surface area contributed by atoms with Crippen LogP contribution in [0.2, 0.25) is 0 Å². The van der Waals surface area contributed by atoms with Gasteiger partial charge in [0, 0.05) is 20.1 Å². The summed E-state index contributed by atoms with van der Waals surface area (Å²) >= 11 is 0. The Balaban J connectivity index is 2.62. The molecule has 3 amide bonds. The minimum atomic E-state index is -1.26. The van der Waals surface area contributed by atoms with Crippen LogP contribution in [0.3, 0.4) is 0 Å². The molecule has 7 heteroatoms. The molecule has 0 aromatic carbocycles. The van der Waals surface area contributed by atoms with Crippen molar-refractivity contribution in [1.29, 1.82) is 0 Å². The molecule has 1 saturated carbocycles. The molecule has 1 rings (SSSR count). The predicted molar refractivity (Wildman–Crippen MR) is 77.9 cm³/mol. The fourth-order valence-corrected chi connectivity index (χ4v) is 2.26. The van der Waals surface area contributed by atoms with E-state index in [0.717, 1.165) is 12.8 Å². The van der Waals surface area contributed by atoms with Crippen molar-refractivity contribution in [3.63, 3.8) is 0 Å². The maximum Gasteiger partial charge on any atom is 0.329 e. The number of rotatable bonds is 7. The van der Waals surface area contributed by atoms with E-state index in [-0.39, 0.29) is 18.4 Å². The van der Waals surface area contributed by atoms with Crippen molar-refractivity contribution in [1.82, 2.24) is 15.1 Å². The van der Waals surface area contributed by atoms with Crippen LogP contribution in [0.15, 0.2) is 0 Å². The number of amides is 3. The highest BCUT2D eigenvalue weighted by Gasteiger charge is 2.49. The first kappa shape index (κ1) is 17.3. The Morgan fingerprint density at radius 1 is 1.24 bits per heavy atom. The van der Waals surface area contributed by atoms with E-state index in [4.69, 9.17) is 0 Å². The Kier molecular flexibility index (Phi) is 5.57. The van der Waals surface area contributed by atoms with Gasteiger partial charge in [0.2, 0.25) is 5.91 Å². The van der Waals surface area contributed by atoms with E-state index >= 15 is 0 Å². The Labute approximate surface area is 125 Å². The first-order valence-corrected chi connectivity index (χ1v) is 7.30. The van der Waals surface area contributed by atoms with Gasteiger partial charge in [0.25, 0.3) is 0 Å². The van der Waals surface area contributed by atoms with Gasteiger partial charge in [-0.05, 0) is 39.5 Å². The third-order valence-electron chi connectivity index (χ3n) is 4.04. The lowest BCUT2D eigenvalue weighted by Gasteiger charge is -2.30. The molecule has 0 bridgehead atoms. The van der Waals surface area contributed by atoms with Gasteiger partial charge < -0.3 is 20.2 Å². The molecule has 1 aliphatic rings. The molecular formula is C14H25N3O4. The van der Waals surface area contributed by atoms with Crippen LogP contribution in [0.1, 0.15) is 33.6 Å². The highest BCUT2D eigenvalue weighted by molar-refractivity contribution is 5.88. The molecule has 1 fully saturated rings. The first-order valence-electron chi connectivity index (χ1n) is 7.30. The number of nitrogens with one attached hydrogen (secondary N) is 1. The van der Waals surface area contributed by atoms with Crippen molar-refractivity contribution >= 4 is 17.9 Å². The van der Waals surface area contributed by atoms with Gasteiger partial charge in [0.05, 0.1) is 0 Å². The van der Waals surface area contributed by atoms with Crippen LogP contribution in [0.4, 0.5) is 4.79 Å². The zero-order valence-corrected chi connectivity index (χ0v) is 13.2. The Hall–Kier alpha value is -1.79. The molecule has 0 saturated heterocycles. The van der Waals surface area contributed by atoms with E-state index in [2.05, 4.69) is 5.32 Å². The minimum absolute atomic E-state index is 0.0363. The Bertz CT molecular complexity index is 418. The number of carboxylic acid groups (broad SMARTS) is 1. The molecule has 0 heterocycles. The average Bonchev–Trinajstić information content (AvgIpc) is 3.24. The smallest absolute Gasteiger partial charge is 0.329 e. The Morgan fingerprint density at radius 3 is 2.14 bits per heavy atom. The summed E-state index contributed by atoms with van der Waals surface area (Å²) in [5.41, 5.74) is -1.26. The molecule has 2 N–H and O–H groups in total. The van der Waals surface area contributed by atoms with Crippen LogP contribution in [0, 0.1) is 5.92 Å². The van der Waals surface area contributed by atoms with Crippen molar-refractivity contribution < 1.29 is 19.5 Å². The molecule has 21 heavy (non-hydrogen) atoms. The van der Waals surface area contributed by atoms with E-state index in [1.807, 2.05) is 13.8 Å². The van der Waals surface area contributed by atoms with Gasteiger partial charge in [-0.25, -0.2) is 9.59 Å². The standard InChI is InChI=1S/C14H25N3O4/c1-5-17(6-2)11(18)9-16(4)13(21)15-14(3,12(19)20)10-7-8-10/h10H,5-9H2,1-4H3,(H,15,21)(H,19,20). The monoisotopic (exact) mass is 299 g/mol. The van der Waals surface area contributed by atoms with Crippen LogP contribution in [-0.4, -0.2) is 65.0 Å². The molecule has 1 atom stereocenters. The SMILES string of the molecule is CCN(CC)C(=O)CN(C)C(=O)NC(C)(C(=O)O)C1CC1. The zero-order valence-electron chi connectivity index (χ0n) is 13.2. The summed E-state index contributed by atoms with van der Waals surface area (Å²) in [7, 11) is 1.49. The van der Waals surface area contributed by atoms with Crippen molar-refractivity contribution in [2.24, 2.45) is 5.92 Å². The number of nitrogens with zero attached hydrogens (tertiary/aromatic N) is 2. The summed E-state index contributed by atoms with van der Waals surface area (Å²) in [5.74, 6) is -1.23. The zero-order chi connectivity index (χ0) is 16.2. The molecule has 0 spiro atoms. The number of carbonyl (C=O) groups is 3. The van der Waals surface area contributed by atoms with Gasteiger partial charge in [0.15, 0.2) is 0 Å². The highest BCUT2D eigenvalue weighted by atomic mass is 16.4. The van der Waals surface area contributed by atoms with Gasteiger partial charge >= 0.3 is 12.0 Å². The summed E-state index contributed by atoms with van der Waals surface area (Å²) in [6.45, 7) is 6.37. The Morgan fingerprint density at radius 2 is 1.76 bits per heavy atom. The number of urea groups is 1. The van der Waals surface area contributed by atoms with Crippen LogP contribution in [-0.2, 0) is 9.59 Å². The topological polar surface area (TPSA) is 90.0 Å². The highest BCUT2D eigenvalue weighted by Crippen LogP contribution is 2.39. The van der Waals surface area contributed by atoms with E-state index in [0.29, 0.717) is 13.1 Å². The van der Waals surface area contributed by atoms with Crippen molar-refractivity contribution in [3.05, 3.63) is 0 Å². The van der Waals surface area contributed by atoms with Crippen LogP contribution in [0.5, 0.6) is 0 Å². The summed E-state index contributed by atoms with van der Waals surface area (Å²) in [5, 5.41) is 11.9. The average molecular weight is 299 g/mol. The number of hydrogen-bond acceptors (Lipinski definition) is 3. The second-order valence-electron chi connectivity index (χ2n) is 5.63. The van der Waals surface area contributed by atoms with E-state index in [1.54, 1.807) is 4.90 Å². The lowest BCUT2D eigenvalue weighted by Crippen LogP contribution is -2.57. The van der Waals surface area contributed by atoms with Crippen molar-refractivity contribution in [2.45, 2.75) is 39.2 Å². The molecular weight excluding hydrogens is 274 g/mol. The normalized spacial score (nSPS) is 16.8. The molecule has 0 aromatic heterocycles. The predicted octanol–water partition coefficient (Wildman–Crippen LogP) is 0.750. The van der Waals surface area contributed by atoms with E-state index in [9.17, 15) is 19.5 Å². The first-order chi connectivity index (χ1) is 9.76. The van der Waals surface area contributed by atoms with E-state index in [1.165, 1.54) is 18.9 Å². The molecule has 1 aliphatic carbocycles. The fraction of sp³-hybridized carbons (Fsp3) is 0.786. The van der Waals surface area contributed by atoms with Gasteiger partial charge in [-0.2, -0.15) is 0 Å². The van der Waals surface area contributed by atoms with Gasteiger partial charge in [-0.3, -0.25) is 4.79 Å². The second-order valence-corrected chi connectivity index (χ2v) is 5.63. The maximum absolute atomic E-state index is 12.1. The number of carbonyl (C=O) groups excluding carboxylic acids is 2. The summed E-state index contributed by atoms with van der Waals surface area (Å²) < 4.78 is 0. The number of carboxylic acids is 1. The lowest BCUT2D eigenvalue weighted by atomic mass is 9.96. The molecule has 0 radical (unpaired) electrons. The minimum Gasteiger partial charge on any atom is -0.480 e. The quantitative estimate of drug-likeness (QED) is 0.726. The number of aliphatic carboxylic acids is 1. The van der Waals surface area contributed by atoms with Gasteiger partial charge in [-0.15, -0.1) is 0 Å².